The number of nitrogens with zero attached hydrogens (tertiary/aromatic N) is 2. The van der Waals surface area contributed by atoms with Crippen LogP contribution in [0, 0.1) is 5.92 Å². The predicted molar refractivity (Wildman–Crippen MR) is 70.0 cm³/mol. The summed E-state index contributed by atoms with van der Waals surface area (Å²) in [6.45, 7) is 2.88. The van der Waals surface area contributed by atoms with E-state index in [-0.39, 0.29) is 0 Å². The molecule has 5 heteroatoms. The molecule has 2 heterocycles. The maximum atomic E-state index is 5.60. The van der Waals surface area contributed by atoms with Crippen LogP contribution in [-0.4, -0.2) is 28.5 Å². The number of nitrogens with one attached hydrogen (secondary N) is 2. The number of hydrogen-bond acceptors (Lipinski definition) is 4. The SMILES string of the molecule is CNc1ccc2[nH]c(CCC(C)CN)nc2n1. The molecule has 0 bridgehead atoms. The molecule has 0 fully saturated rings. The zero-order chi connectivity index (χ0) is 12.3. The third-order valence-electron chi connectivity index (χ3n) is 2.93. The maximum absolute atomic E-state index is 5.60. The van der Waals surface area contributed by atoms with Gasteiger partial charge in [0.2, 0.25) is 0 Å². The summed E-state index contributed by atoms with van der Waals surface area (Å²) < 4.78 is 0. The van der Waals surface area contributed by atoms with E-state index in [4.69, 9.17) is 5.73 Å². The number of pyridine rings is 1. The minimum atomic E-state index is 0.532. The van der Waals surface area contributed by atoms with Crippen LogP contribution in [0.3, 0.4) is 0 Å². The zero-order valence-electron chi connectivity index (χ0n) is 10.3. The molecule has 0 spiro atoms. The van der Waals surface area contributed by atoms with E-state index in [1.54, 1.807) is 0 Å². The number of anilines is 1. The maximum Gasteiger partial charge on any atom is 0.179 e. The van der Waals surface area contributed by atoms with Crippen LogP contribution >= 0.6 is 0 Å². The quantitative estimate of drug-likeness (QED) is 0.731. The van der Waals surface area contributed by atoms with E-state index in [2.05, 4.69) is 27.2 Å². The molecule has 0 saturated heterocycles. The second-order valence-electron chi connectivity index (χ2n) is 4.38. The summed E-state index contributed by atoms with van der Waals surface area (Å²) in [5, 5.41) is 3.01. The van der Waals surface area contributed by atoms with Gasteiger partial charge in [0.1, 0.15) is 11.6 Å². The lowest BCUT2D eigenvalue weighted by Crippen LogP contribution is -2.11. The molecule has 0 saturated carbocycles. The van der Waals surface area contributed by atoms with Gasteiger partial charge in [-0.2, -0.15) is 0 Å². The van der Waals surface area contributed by atoms with Crippen LogP contribution in [0.25, 0.3) is 11.2 Å². The molecule has 2 aromatic rings. The molecular weight excluding hydrogens is 214 g/mol. The summed E-state index contributed by atoms with van der Waals surface area (Å²) in [7, 11) is 1.85. The average molecular weight is 233 g/mol. The number of fused-ring (bicyclic) bond motifs is 1. The molecule has 2 rings (SSSR count). The summed E-state index contributed by atoms with van der Waals surface area (Å²) in [5.41, 5.74) is 7.35. The fourth-order valence-electron chi connectivity index (χ4n) is 1.70. The van der Waals surface area contributed by atoms with Crippen LogP contribution in [0.15, 0.2) is 12.1 Å². The van der Waals surface area contributed by atoms with Gasteiger partial charge in [-0.1, -0.05) is 6.92 Å². The first-order chi connectivity index (χ1) is 8.22. The largest absolute Gasteiger partial charge is 0.373 e. The molecule has 4 N–H and O–H groups in total. The van der Waals surface area contributed by atoms with Crippen LogP contribution in [0.5, 0.6) is 0 Å². The van der Waals surface area contributed by atoms with Crippen molar-refractivity contribution in [2.75, 3.05) is 18.9 Å². The Labute approximate surface area is 101 Å². The Morgan fingerprint density at radius 1 is 1.41 bits per heavy atom. The van der Waals surface area contributed by atoms with Gasteiger partial charge >= 0.3 is 0 Å². The number of H-pyrrole nitrogens is 1. The minimum absolute atomic E-state index is 0.532. The number of aryl methyl sites for hydroxylation is 1. The van der Waals surface area contributed by atoms with Crippen LogP contribution in [0.1, 0.15) is 19.2 Å². The van der Waals surface area contributed by atoms with Gasteiger partial charge in [0.25, 0.3) is 0 Å². The van der Waals surface area contributed by atoms with E-state index in [1.807, 2.05) is 19.2 Å². The molecule has 2 aromatic heterocycles. The fraction of sp³-hybridized carbons (Fsp3) is 0.500. The number of hydrogen-bond donors (Lipinski definition) is 3. The van der Waals surface area contributed by atoms with Crippen molar-refractivity contribution in [1.82, 2.24) is 15.0 Å². The van der Waals surface area contributed by atoms with Crippen molar-refractivity contribution in [3.8, 4) is 0 Å². The van der Waals surface area contributed by atoms with Crippen LogP contribution < -0.4 is 11.1 Å². The fourth-order valence-corrected chi connectivity index (χ4v) is 1.70. The van der Waals surface area contributed by atoms with E-state index >= 15 is 0 Å². The lowest BCUT2D eigenvalue weighted by Gasteiger charge is -2.04. The van der Waals surface area contributed by atoms with E-state index < -0.39 is 0 Å². The van der Waals surface area contributed by atoms with Crippen molar-refractivity contribution in [2.45, 2.75) is 19.8 Å². The molecular formula is C12H19N5. The number of nitrogens with two attached hydrogens (primary N) is 1. The molecule has 0 aromatic carbocycles. The smallest absolute Gasteiger partial charge is 0.179 e. The predicted octanol–water partition coefficient (Wildman–Crippen LogP) is 1.53. The Bertz CT molecular complexity index is 491. The van der Waals surface area contributed by atoms with Gasteiger partial charge in [-0.15, -0.1) is 0 Å². The lowest BCUT2D eigenvalue weighted by atomic mass is 10.1. The molecule has 0 aliphatic rings. The van der Waals surface area contributed by atoms with Gasteiger partial charge in [0.05, 0.1) is 5.52 Å². The van der Waals surface area contributed by atoms with Gasteiger partial charge in [0.15, 0.2) is 5.65 Å². The Balaban J connectivity index is 2.14. The highest BCUT2D eigenvalue weighted by atomic mass is 15.0. The van der Waals surface area contributed by atoms with Gasteiger partial charge < -0.3 is 16.0 Å². The first-order valence-electron chi connectivity index (χ1n) is 5.96. The molecule has 1 unspecified atom stereocenters. The second-order valence-corrected chi connectivity index (χ2v) is 4.38. The second kappa shape index (κ2) is 5.14. The Morgan fingerprint density at radius 2 is 2.24 bits per heavy atom. The van der Waals surface area contributed by atoms with Gasteiger partial charge in [-0.25, -0.2) is 9.97 Å². The number of rotatable bonds is 5. The number of aromatic amines is 1. The van der Waals surface area contributed by atoms with Crippen molar-refractivity contribution in [3.05, 3.63) is 18.0 Å². The molecule has 92 valence electrons. The van der Waals surface area contributed by atoms with Crippen LogP contribution in [0.2, 0.25) is 0 Å². The third-order valence-corrected chi connectivity index (χ3v) is 2.93. The summed E-state index contributed by atoms with van der Waals surface area (Å²) in [6.07, 6.45) is 1.97. The average Bonchev–Trinajstić information content (AvgIpc) is 2.77. The van der Waals surface area contributed by atoms with E-state index in [1.165, 1.54) is 0 Å². The Morgan fingerprint density at radius 3 is 2.94 bits per heavy atom. The number of aromatic nitrogens is 3. The highest BCUT2D eigenvalue weighted by molar-refractivity contribution is 5.72. The van der Waals surface area contributed by atoms with Gasteiger partial charge in [-0.3, -0.25) is 0 Å². The highest BCUT2D eigenvalue weighted by Gasteiger charge is 2.06. The van der Waals surface area contributed by atoms with Crippen molar-refractivity contribution in [1.29, 1.82) is 0 Å². The van der Waals surface area contributed by atoms with Crippen molar-refractivity contribution >= 4 is 17.0 Å². The summed E-state index contributed by atoms with van der Waals surface area (Å²) in [5.74, 6) is 2.36. The lowest BCUT2D eigenvalue weighted by molar-refractivity contribution is 0.538. The summed E-state index contributed by atoms with van der Waals surface area (Å²) >= 11 is 0. The van der Waals surface area contributed by atoms with E-state index in [9.17, 15) is 0 Å². The Hall–Kier alpha value is -1.62. The van der Waals surface area contributed by atoms with Crippen molar-refractivity contribution in [3.63, 3.8) is 0 Å². The number of imidazole rings is 1. The monoisotopic (exact) mass is 233 g/mol. The van der Waals surface area contributed by atoms with E-state index in [0.29, 0.717) is 5.92 Å². The first kappa shape index (κ1) is 11.9. The molecule has 17 heavy (non-hydrogen) atoms. The molecule has 0 amide bonds. The molecule has 0 aliphatic heterocycles. The first-order valence-corrected chi connectivity index (χ1v) is 5.96. The van der Waals surface area contributed by atoms with Crippen LogP contribution in [-0.2, 0) is 6.42 Å². The molecule has 0 aliphatic carbocycles. The van der Waals surface area contributed by atoms with Crippen LogP contribution in [0.4, 0.5) is 5.82 Å². The minimum Gasteiger partial charge on any atom is -0.373 e. The third kappa shape index (κ3) is 2.74. The van der Waals surface area contributed by atoms with Gasteiger partial charge in [-0.05, 0) is 31.0 Å². The molecule has 0 radical (unpaired) electrons. The molecule has 1 atom stereocenters. The Kier molecular flexibility index (Phi) is 3.58. The normalized spacial score (nSPS) is 12.9. The van der Waals surface area contributed by atoms with Crippen molar-refractivity contribution < 1.29 is 0 Å². The summed E-state index contributed by atoms with van der Waals surface area (Å²) in [6, 6.07) is 3.93. The summed E-state index contributed by atoms with van der Waals surface area (Å²) in [4.78, 5) is 12.1. The van der Waals surface area contributed by atoms with Gasteiger partial charge in [0, 0.05) is 13.5 Å². The zero-order valence-corrected chi connectivity index (χ0v) is 10.3. The van der Waals surface area contributed by atoms with E-state index in [0.717, 1.165) is 42.2 Å². The standard InChI is InChI=1S/C12H19N5/c1-8(7-13)3-5-11-15-9-4-6-10(14-2)16-12(9)17-11/h4,6,8H,3,5,7,13H2,1-2H3,(H2,14,15,16,17). The van der Waals surface area contributed by atoms with Crippen molar-refractivity contribution in [2.24, 2.45) is 11.7 Å². The topological polar surface area (TPSA) is 79.6 Å². The highest BCUT2D eigenvalue weighted by Crippen LogP contribution is 2.14. The molecule has 5 nitrogen and oxygen atoms in total.